The zero-order valence-corrected chi connectivity index (χ0v) is 30.5. The third-order valence-electron chi connectivity index (χ3n) is 8.92. The molecule has 2 aromatic rings. The Labute approximate surface area is 302 Å². The molecule has 0 aliphatic carbocycles. The van der Waals surface area contributed by atoms with E-state index in [0.717, 1.165) is 17.7 Å². The lowest BCUT2D eigenvalue weighted by Crippen LogP contribution is -2.58. The summed E-state index contributed by atoms with van der Waals surface area (Å²) in [5, 5.41) is 20.4. The Morgan fingerprint density at radius 3 is 1.81 bits per heavy atom. The van der Waals surface area contributed by atoms with Gasteiger partial charge in [-0.25, -0.2) is 4.79 Å². The number of carbonyl (C=O) groups is 5. The van der Waals surface area contributed by atoms with Crippen molar-refractivity contribution in [3.8, 4) is 5.75 Å². The topological polar surface area (TPSA) is 189 Å². The zero-order valence-electron chi connectivity index (χ0n) is 30.5. The molecule has 0 aliphatic rings. The highest BCUT2D eigenvalue weighted by atomic mass is 19.4. The molecule has 0 heterocycles. The summed E-state index contributed by atoms with van der Waals surface area (Å²) in [6.45, 7) is 10.5. The highest BCUT2D eigenvalue weighted by Crippen LogP contribution is 2.23. The van der Waals surface area contributed by atoms with Crippen LogP contribution in [0.4, 0.5) is 13.2 Å². The van der Waals surface area contributed by atoms with Gasteiger partial charge in [0.1, 0.15) is 23.9 Å². The summed E-state index contributed by atoms with van der Waals surface area (Å²) in [7, 11) is 0. The quantitative estimate of drug-likeness (QED) is 0.118. The number of hydrogen-bond acceptors (Lipinski definition) is 7. The molecule has 288 valence electrons. The van der Waals surface area contributed by atoms with Gasteiger partial charge in [-0.2, -0.15) is 0 Å². The maximum atomic E-state index is 13.8. The monoisotopic (exact) mass is 735 g/mol. The number of carboxylic acids is 1. The second-order valence-corrected chi connectivity index (χ2v) is 13.5. The number of carbonyl (C=O) groups excluding carboxylic acids is 4. The van der Waals surface area contributed by atoms with Crippen molar-refractivity contribution in [2.24, 2.45) is 23.5 Å². The number of carboxylic acid groups (broad SMARTS) is 1. The molecule has 0 bridgehead atoms. The minimum atomic E-state index is -4.90. The van der Waals surface area contributed by atoms with Gasteiger partial charge in [0, 0.05) is 18.5 Å². The van der Waals surface area contributed by atoms with Crippen LogP contribution in [0.15, 0.2) is 54.6 Å². The van der Waals surface area contributed by atoms with E-state index in [0.29, 0.717) is 12.8 Å². The van der Waals surface area contributed by atoms with Crippen LogP contribution in [-0.2, 0) is 36.8 Å². The predicted octanol–water partition coefficient (Wildman–Crippen LogP) is 3.86. The lowest BCUT2D eigenvalue weighted by molar-refractivity contribution is -0.274. The molecule has 0 fully saturated rings. The van der Waals surface area contributed by atoms with E-state index in [1.165, 1.54) is 12.1 Å². The second kappa shape index (κ2) is 20.4. The maximum absolute atomic E-state index is 13.8. The Hall–Kier alpha value is -4.66. The Kier molecular flexibility index (Phi) is 17.1. The number of hydrogen-bond donors (Lipinski definition) is 6. The van der Waals surface area contributed by atoms with Gasteiger partial charge in [0.15, 0.2) is 0 Å². The number of aliphatic carboxylic acids is 1. The molecule has 4 unspecified atom stereocenters. The number of amides is 4. The lowest BCUT2D eigenvalue weighted by Gasteiger charge is -2.30. The number of nitrogens with two attached hydrogens (primary N) is 1. The third-order valence-corrected chi connectivity index (χ3v) is 8.92. The molecule has 2 aromatic carbocycles. The number of alkyl halides is 3. The lowest BCUT2D eigenvalue weighted by atomic mass is 9.93. The summed E-state index contributed by atoms with van der Waals surface area (Å²) in [5.41, 5.74) is 7.62. The van der Waals surface area contributed by atoms with Gasteiger partial charge in [-0.3, -0.25) is 19.2 Å². The number of nitrogens with one attached hydrogen (secondary N) is 4. The van der Waals surface area contributed by atoms with Gasteiger partial charge in [0.25, 0.3) is 0 Å². The molecular weight excluding hydrogens is 683 g/mol. The van der Waals surface area contributed by atoms with Crippen molar-refractivity contribution < 1.29 is 47.0 Å². The van der Waals surface area contributed by atoms with Gasteiger partial charge in [-0.05, 0) is 47.4 Å². The van der Waals surface area contributed by atoms with Crippen molar-refractivity contribution in [3.05, 3.63) is 65.7 Å². The Morgan fingerprint density at radius 1 is 0.750 bits per heavy atom. The molecule has 0 saturated heterocycles. The highest BCUT2D eigenvalue weighted by Gasteiger charge is 2.34. The summed E-state index contributed by atoms with van der Waals surface area (Å²) in [5.74, 6) is -5.19. The van der Waals surface area contributed by atoms with Crippen LogP contribution in [0.2, 0.25) is 0 Å². The van der Waals surface area contributed by atoms with Crippen molar-refractivity contribution in [1.82, 2.24) is 21.3 Å². The molecule has 0 aromatic heterocycles. The van der Waals surface area contributed by atoms with Crippen LogP contribution in [-0.4, -0.2) is 71.3 Å². The Balaban J connectivity index is 2.25. The smallest absolute Gasteiger partial charge is 0.480 e. The van der Waals surface area contributed by atoms with Crippen LogP contribution in [0.5, 0.6) is 5.75 Å². The van der Waals surface area contributed by atoms with E-state index in [4.69, 9.17) is 5.73 Å². The summed E-state index contributed by atoms with van der Waals surface area (Å²) in [6, 6.07) is 9.06. The summed E-state index contributed by atoms with van der Waals surface area (Å²) in [4.78, 5) is 65.2. The normalized spacial score (nSPS) is 15.6. The predicted molar refractivity (Wildman–Crippen MR) is 189 cm³/mol. The Morgan fingerprint density at radius 2 is 1.29 bits per heavy atom. The summed E-state index contributed by atoms with van der Waals surface area (Å²) in [6.07, 6.45) is -4.31. The van der Waals surface area contributed by atoms with Gasteiger partial charge in [-0.15, -0.1) is 13.2 Å². The van der Waals surface area contributed by atoms with Crippen molar-refractivity contribution in [1.29, 1.82) is 0 Å². The molecule has 0 spiro atoms. The minimum absolute atomic E-state index is 0.220. The van der Waals surface area contributed by atoms with Crippen LogP contribution >= 0.6 is 0 Å². The number of benzene rings is 2. The van der Waals surface area contributed by atoms with E-state index in [1.807, 2.05) is 32.0 Å². The standard InChI is InChI=1S/C37H52F3N5O7/c1-7-22(5)32(43-29(46)19-25-15-12-16-26(17-25)52-37(38,39)40)34(48)42-28(18-24-13-10-9-11-14-24)27(41)20-30(47)44-33(23(6)8-2)35(49)45-31(21(3)4)36(50)51/h9-17,21-23,27-28,31-33H,7-8,18-20,41H2,1-6H3,(H,42,48)(H,43,46)(H,44,47)(H,45,49)(H,50,51)/t22?,23-,27?,28?,31-,32?,33-/m0/s1. The fourth-order valence-electron chi connectivity index (χ4n) is 5.46. The van der Waals surface area contributed by atoms with Crippen LogP contribution in [0.1, 0.15) is 71.9 Å². The van der Waals surface area contributed by atoms with Gasteiger partial charge < -0.3 is 36.8 Å². The Bertz CT molecular complexity index is 1490. The van der Waals surface area contributed by atoms with Crippen molar-refractivity contribution in [2.45, 2.75) is 110 Å². The van der Waals surface area contributed by atoms with E-state index < -0.39 is 77.8 Å². The molecular formula is C37H52F3N5O7. The minimum Gasteiger partial charge on any atom is -0.480 e. The molecule has 0 radical (unpaired) electrons. The summed E-state index contributed by atoms with van der Waals surface area (Å²) >= 11 is 0. The van der Waals surface area contributed by atoms with E-state index in [1.54, 1.807) is 39.8 Å². The van der Waals surface area contributed by atoms with Crippen LogP contribution in [0, 0.1) is 17.8 Å². The molecule has 4 amide bonds. The molecule has 12 nitrogen and oxygen atoms in total. The molecule has 15 heteroatoms. The van der Waals surface area contributed by atoms with Gasteiger partial charge in [0.05, 0.1) is 6.42 Å². The van der Waals surface area contributed by atoms with Gasteiger partial charge in [0.2, 0.25) is 23.6 Å². The average Bonchev–Trinajstić information content (AvgIpc) is 3.06. The van der Waals surface area contributed by atoms with E-state index in [9.17, 15) is 42.3 Å². The molecule has 2 rings (SSSR count). The third kappa shape index (κ3) is 14.5. The average molecular weight is 736 g/mol. The first-order valence-corrected chi connectivity index (χ1v) is 17.4. The van der Waals surface area contributed by atoms with Gasteiger partial charge in [-0.1, -0.05) is 96.8 Å². The first kappa shape index (κ1) is 43.5. The molecule has 0 saturated carbocycles. The van der Waals surface area contributed by atoms with Crippen molar-refractivity contribution in [3.63, 3.8) is 0 Å². The second-order valence-electron chi connectivity index (χ2n) is 13.5. The molecule has 7 N–H and O–H groups in total. The zero-order chi connectivity index (χ0) is 39.2. The largest absolute Gasteiger partial charge is 0.573 e. The number of halogens is 3. The SMILES string of the molecule is CCC(C)C(NC(=O)Cc1cccc(OC(F)(F)F)c1)C(=O)NC(Cc1ccccc1)C(N)CC(=O)N[C@H](C(=O)N[C@H](C(=O)O)C(C)C)[C@@H](C)CC. The van der Waals surface area contributed by atoms with E-state index >= 15 is 0 Å². The number of ether oxygens (including phenoxy) is 1. The van der Waals surface area contributed by atoms with Crippen LogP contribution in [0.25, 0.3) is 0 Å². The first-order valence-electron chi connectivity index (χ1n) is 17.4. The van der Waals surface area contributed by atoms with Crippen LogP contribution in [0.3, 0.4) is 0 Å². The first-order chi connectivity index (χ1) is 24.3. The summed E-state index contributed by atoms with van der Waals surface area (Å²) < 4.78 is 42.1. The van der Waals surface area contributed by atoms with E-state index in [-0.39, 0.29) is 36.7 Å². The van der Waals surface area contributed by atoms with Gasteiger partial charge >= 0.3 is 12.3 Å². The van der Waals surface area contributed by atoms with Crippen molar-refractivity contribution in [2.75, 3.05) is 0 Å². The molecule has 0 aliphatic heterocycles. The van der Waals surface area contributed by atoms with E-state index in [2.05, 4.69) is 26.0 Å². The highest BCUT2D eigenvalue weighted by molar-refractivity contribution is 5.91. The molecule has 52 heavy (non-hydrogen) atoms. The number of rotatable bonds is 20. The fourth-order valence-corrected chi connectivity index (χ4v) is 5.46. The van der Waals surface area contributed by atoms with Crippen LogP contribution < -0.4 is 31.7 Å². The van der Waals surface area contributed by atoms with Crippen molar-refractivity contribution >= 4 is 29.6 Å². The molecule has 7 atom stereocenters. The fraction of sp³-hybridized carbons (Fsp3) is 0.541. The maximum Gasteiger partial charge on any atom is 0.573 e.